The molecule has 0 heterocycles. The van der Waals surface area contributed by atoms with Crippen molar-refractivity contribution in [2.45, 2.75) is 44.3 Å². The minimum atomic E-state index is -6.51. The molecule has 0 aliphatic carbocycles. The van der Waals surface area contributed by atoms with Gasteiger partial charge in [-0.05, 0) is 19.4 Å². The highest BCUT2D eigenvalue weighted by molar-refractivity contribution is 5.98. The molecule has 1 atom stereocenters. The average molecular weight is 387 g/mol. The summed E-state index contributed by atoms with van der Waals surface area (Å²) >= 11 is 0. The molecule has 146 valence electrons. The van der Waals surface area contributed by atoms with E-state index in [4.69, 9.17) is 0 Å². The summed E-state index contributed by atoms with van der Waals surface area (Å²) < 4.78 is 96.5. The zero-order valence-electron chi connectivity index (χ0n) is 13.8. The maximum Gasteiger partial charge on any atom is 0.459 e. The lowest BCUT2D eigenvalue weighted by molar-refractivity contribution is -0.358. The van der Waals surface area contributed by atoms with Crippen molar-refractivity contribution in [1.82, 2.24) is 0 Å². The van der Waals surface area contributed by atoms with Crippen molar-refractivity contribution >= 4 is 11.7 Å². The molecule has 1 aromatic rings. The van der Waals surface area contributed by atoms with E-state index in [1.54, 1.807) is 6.07 Å². The molecular weight excluding hydrogens is 371 g/mol. The highest BCUT2D eigenvalue weighted by Crippen LogP contribution is 2.49. The summed E-state index contributed by atoms with van der Waals surface area (Å²) in [4.78, 5) is 14.8. The minimum Gasteiger partial charge on any atom is -0.466 e. The lowest BCUT2D eigenvalue weighted by Crippen LogP contribution is -2.57. The number of ether oxygens (including phenoxy) is 1. The SMILES string of the molecule is CCOC(=O)C[C@@H](N=C(C)c1ccccc1)C(F)(F)C(F)(F)C(F)(F)F. The number of carbonyl (C=O) groups is 1. The fourth-order valence-corrected chi connectivity index (χ4v) is 2.02. The Hall–Kier alpha value is -2.13. The molecule has 10 heteroatoms. The second-order valence-electron chi connectivity index (χ2n) is 5.30. The van der Waals surface area contributed by atoms with Crippen molar-refractivity contribution < 1.29 is 40.3 Å². The van der Waals surface area contributed by atoms with Gasteiger partial charge in [-0.1, -0.05) is 30.3 Å². The van der Waals surface area contributed by atoms with Crippen LogP contribution in [-0.4, -0.2) is 42.4 Å². The van der Waals surface area contributed by atoms with Gasteiger partial charge in [0.1, 0.15) is 6.04 Å². The summed E-state index contributed by atoms with van der Waals surface area (Å²) in [7, 11) is 0. The first kappa shape index (κ1) is 21.9. The van der Waals surface area contributed by atoms with Crippen LogP contribution in [0, 0.1) is 0 Å². The molecule has 0 saturated carbocycles. The van der Waals surface area contributed by atoms with Crippen LogP contribution in [0.15, 0.2) is 35.3 Å². The number of aliphatic imine (C=N–C) groups is 1. The highest BCUT2D eigenvalue weighted by Gasteiger charge is 2.75. The van der Waals surface area contributed by atoms with Crippen LogP contribution in [0.3, 0.4) is 0 Å². The van der Waals surface area contributed by atoms with Gasteiger partial charge < -0.3 is 4.74 Å². The summed E-state index contributed by atoms with van der Waals surface area (Å²) in [6.07, 6.45) is -7.95. The van der Waals surface area contributed by atoms with E-state index in [1.807, 2.05) is 0 Å². The fourth-order valence-electron chi connectivity index (χ4n) is 2.02. The van der Waals surface area contributed by atoms with E-state index in [2.05, 4.69) is 9.73 Å². The summed E-state index contributed by atoms with van der Waals surface area (Å²) in [6.45, 7) is 2.23. The first-order chi connectivity index (χ1) is 11.8. The maximum absolute atomic E-state index is 14.1. The van der Waals surface area contributed by atoms with E-state index in [0.29, 0.717) is 0 Å². The van der Waals surface area contributed by atoms with Gasteiger partial charge in [-0.3, -0.25) is 9.79 Å². The number of hydrogen-bond donors (Lipinski definition) is 0. The van der Waals surface area contributed by atoms with Crippen molar-refractivity contribution in [2.75, 3.05) is 6.61 Å². The van der Waals surface area contributed by atoms with Crippen molar-refractivity contribution in [2.24, 2.45) is 4.99 Å². The number of alkyl halides is 7. The topological polar surface area (TPSA) is 38.7 Å². The third kappa shape index (κ3) is 4.73. The van der Waals surface area contributed by atoms with Gasteiger partial charge in [0.2, 0.25) is 0 Å². The third-order valence-electron chi connectivity index (χ3n) is 3.40. The van der Waals surface area contributed by atoms with E-state index >= 15 is 0 Å². The van der Waals surface area contributed by atoms with E-state index in [-0.39, 0.29) is 17.9 Å². The molecule has 0 spiro atoms. The molecule has 0 aliphatic heterocycles. The van der Waals surface area contributed by atoms with Crippen LogP contribution < -0.4 is 0 Å². The number of rotatable bonds is 7. The summed E-state index contributed by atoms with van der Waals surface area (Å²) in [5, 5.41) is 0. The normalized spacial score (nSPS) is 14.9. The Balaban J connectivity index is 3.34. The second kappa shape index (κ2) is 8.05. The monoisotopic (exact) mass is 387 g/mol. The Morgan fingerprint density at radius 1 is 1.08 bits per heavy atom. The van der Waals surface area contributed by atoms with E-state index in [9.17, 15) is 35.5 Å². The Labute approximate surface area is 144 Å². The van der Waals surface area contributed by atoms with Gasteiger partial charge in [-0.2, -0.15) is 30.7 Å². The number of nitrogens with zero attached hydrogens (tertiary/aromatic N) is 1. The Bertz CT molecular complexity index is 642. The molecule has 0 bridgehead atoms. The minimum absolute atomic E-state index is 0.224. The van der Waals surface area contributed by atoms with Crippen molar-refractivity contribution in [1.29, 1.82) is 0 Å². The first-order valence-corrected chi connectivity index (χ1v) is 7.42. The number of benzene rings is 1. The molecule has 0 saturated heterocycles. The molecule has 3 nitrogen and oxygen atoms in total. The van der Waals surface area contributed by atoms with Gasteiger partial charge in [0.25, 0.3) is 0 Å². The number of halogens is 7. The third-order valence-corrected chi connectivity index (χ3v) is 3.40. The fraction of sp³-hybridized carbons (Fsp3) is 0.500. The molecule has 0 N–H and O–H groups in total. The molecule has 0 aromatic heterocycles. The van der Waals surface area contributed by atoms with Crippen LogP contribution in [0.5, 0.6) is 0 Å². The predicted octanol–water partition coefficient (Wildman–Crippen LogP) is 4.65. The Morgan fingerprint density at radius 3 is 2.08 bits per heavy atom. The summed E-state index contributed by atoms with van der Waals surface area (Å²) in [5.74, 6) is -13.4. The van der Waals surface area contributed by atoms with Gasteiger partial charge in [-0.25, -0.2) is 0 Å². The zero-order valence-corrected chi connectivity index (χ0v) is 13.8. The average Bonchev–Trinajstić information content (AvgIpc) is 2.54. The van der Waals surface area contributed by atoms with Gasteiger partial charge in [0, 0.05) is 5.71 Å². The molecule has 0 fully saturated rings. The molecule has 26 heavy (non-hydrogen) atoms. The van der Waals surface area contributed by atoms with Crippen LogP contribution in [0.1, 0.15) is 25.8 Å². The van der Waals surface area contributed by atoms with Crippen molar-refractivity contribution in [3.8, 4) is 0 Å². The quantitative estimate of drug-likeness (QED) is 0.388. The van der Waals surface area contributed by atoms with E-state index < -0.39 is 36.5 Å². The van der Waals surface area contributed by atoms with Gasteiger partial charge in [0.05, 0.1) is 13.0 Å². The van der Waals surface area contributed by atoms with Crippen molar-refractivity contribution in [3.63, 3.8) is 0 Å². The molecule has 0 aliphatic rings. The molecule has 0 radical (unpaired) electrons. The standard InChI is InChI=1S/C16H16F7NO2/c1-3-26-13(25)9-12(14(17,18)15(19,20)16(21,22)23)24-10(2)11-7-5-4-6-8-11/h4-8,12H,3,9H2,1-2H3/t12-/m1/s1. The number of hydrogen-bond acceptors (Lipinski definition) is 3. The van der Waals surface area contributed by atoms with Crippen LogP contribution >= 0.6 is 0 Å². The van der Waals surface area contributed by atoms with Crippen LogP contribution in [-0.2, 0) is 9.53 Å². The van der Waals surface area contributed by atoms with E-state index in [1.165, 1.54) is 31.2 Å². The largest absolute Gasteiger partial charge is 0.466 e. The summed E-state index contributed by atoms with van der Waals surface area (Å²) in [5.41, 5.74) is 0.00466. The lowest BCUT2D eigenvalue weighted by Gasteiger charge is -2.32. The molecule has 0 amide bonds. The van der Waals surface area contributed by atoms with Gasteiger partial charge in [0.15, 0.2) is 0 Å². The molecule has 1 aromatic carbocycles. The van der Waals surface area contributed by atoms with Crippen LogP contribution in [0.25, 0.3) is 0 Å². The zero-order chi connectivity index (χ0) is 20.2. The highest BCUT2D eigenvalue weighted by atomic mass is 19.4. The smallest absolute Gasteiger partial charge is 0.459 e. The lowest BCUT2D eigenvalue weighted by atomic mass is 9.99. The summed E-state index contributed by atoms with van der Waals surface area (Å²) in [6, 6.07) is 4.42. The second-order valence-corrected chi connectivity index (χ2v) is 5.30. The van der Waals surface area contributed by atoms with Crippen LogP contribution in [0.2, 0.25) is 0 Å². The molecular formula is C16H16F7NO2. The maximum atomic E-state index is 14.1. The van der Waals surface area contributed by atoms with Crippen molar-refractivity contribution in [3.05, 3.63) is 35.9 Å². The predicted molar refractivity (Wildman–Crippen MR) is 79.6 cm³/mol. The molecule has 1 rings (SSSR count). The number of carbonyl (C=O) groups excluding carboxylic acids is 1. The Morgan fingerprint density at radius 2 is 1.62 bits per heavy atom. The first-order valence-electron chi connectivity index (χ1n) is 7.42. The molecule has 0 unspecified atom stereocenters. The van der Waals surface area contributed by atoms with Gasteiger partial charge >= 0.3 is 24.0 Å². The van der Waals surface area contributed by atoms with E-state index in [0.717, 1.165) is 6.92 Å². The number of esters is 1. The van der Waals surface area contributed by atoms with Gasteiger partial charge in [-0.15, -0.1) is 0 Å². The van der Waals surface area contributed by atoms with Crippen LogP contribution in [0.4, 0.5) is 30.7 Å². The Kier molecular flexibility index (Phi) is 6.78.